The van der Waals surface area contributed by atoms with Crippen molar-refractivity contribution < 1.29 is 19.0 Å². The highest BCUT2D eigenvalue weighted by Gasteiger charge is 2.66. The summed E-state index contributed by atoms with van der Waals surface area (Å²) in [5.41, 5.74) is 6.24. The molecule has 152 valence electrons. The van der Waals surface area contributed by atoms with Gasteiger partial charge < -0.3 is 25.0 Å². The monoisotopic (exact) mass is 399 g/mol. The molecule has 7 nitrogen and oxygen atoms in total. The third-order valence-electron chi connectivity index (χ3n) is 7.61. The van der Waals surface area contributed by atoms with Gasteiger partial charge in [0, 0.05) is 24.8 Å². The molecule has 8 heteroatoms. The third kappa shape index (κ3) is 2.10. The smallest absolute Gasteiger partial charge is 0.341 e. The number of fused-ring (bicyclic) bond motifs is 3. The topological polar surface area (TPSA) is 97.8 Å². The summed E-state index contributed by atoms with van der Waals surface area (Å²) in [7, 11) is 0. The number of halogens is 1. The van der Waals surface area contributed by atoms with E-state index >= 15 is 4.39 Å². The molecular formula is C21H22FN3O4. The second-order valence-corrected chi connectivity index (χ2v) is 9.20. The fraction of sp³-hybridized carbons (Fsp3) is 0.524. The summed E-state index contributed by atoms with van der Waals surface area (Å²) >= 11 is 0. The van der Waals surface area contributed by atoms with Crippen LogP contribution in [0.5, 0.6) is 5.75 Å². The van der Waals surface area contributed by atoms with Gasteiger partial charge in [0.25, 0.3) is 0 Å². The number of carbonyl (C=O) groups is 1. The molecule has 3 N–H and O–H groups in total. The van der Waals surface area contributed by atoms with E-state index in [1.54, 1.807) is 4.57 Å². The zero-order valence-corrected chi connectivity index (χ0v) is 16.0. The average Bonchev–Trinajstić information content (AvgIpc) is 3.02. The molecular weight excluding hydrogens is 377 g/mol. The number of hydrogen-bond donors (Lipinski definition) is 2. The molecule has 6 rings (SSSR count). The van der Waals surface area contributed by atoms with Crippen molar-refractivity contribution in [3.63, 3.8) is 0 Å². The lowest BCUT2D eigenvalue weighted by molar-refractivity contribution is 0.0694. The molecule has 1 saturated heterocycles. The standard InChI is InChI=1S/C21H22FN3O4/c1-9-8-29-19-16-12(18(26)13(20(27)28)6-25(9)16)3-15(22)17(19)24-5-10-2-11-4-21(11,23)14(10)7-24/h3,6,9-11,14H,2,4-5,7-8,23H2,1H3,(H,27,28)/t9-,10+,11?,14-,21+/m0/s1. The van der Waals surface area contributed by atoms with E-state index in [4.69, 9.17) is 10.5 Å². The van der Waals surface area contributed by atoms with Crippen molar-refractivity contribution >= 4 is 22.6 Å². The quantitative estimate of drug-likeness (QED) is 0.801. The Bertz CT molecular complexity index is 1160. The van der Waals surface area contributed by atoms with Crippen molar-refractivity contribution in [2.45, 2.75) is 31.3 Å². The molecule has 2 aromatic rings. The summed E-state index contributed by atoms with van der Waals surface area (Å²) in [6.07, 6.45) is 3.50. The van der Waals surface area contributed by atoms with E-state index in [0.29, 0.717) is 41.3 Å². The average molecular weight is 399 g/mol. The van der Waals surface area contributed by atoms with Crippen LogP contribution in [0.15, 0.2) is 17.1 Å². The minimum Gasteiger partial charge on any atom is -0.487 e. The molecule has 5 atom stereocenters. The van der Waals surface area contributed by atoms with Crippen molar-refractivity contribution in [3.8, 4) is 5.75 Å². The van der Waals surface area contributed by atoms with Crippen molar-refractivity contribution in [2.24, 2.45) is 23.5 Å². The Hall–Kier alpha value is -2.61. The largest absolute Gasteiger partial charge is 0.487 e. The van der Waals surface area contributed by atoms with Crippen molar-refractivity contribution in [1.29, 1.82) is 0 Å². The first-order valence-corrected chi connectivity index (χ1v) is 10.1. The van der Waals surface area contributed by atoms with Crippen LogP contribution in [0.25, 0.3) is 10.9 Å². The summed E-state index contributed by atoms with van der Waals surface area (Å²) in [5.74, 6) is -0.104. The van der Waals surface area contributed by atoms with Crippen LogP contribution in [0.2, 0.25) is 0 Å². The first-order chi connectivity index (χ1) is 13.8. The number of aromatic carboxylic acids is 1. The predicted molar refractivity (Wildman–Crippen MR) is 104 cm³/mol. The minimum absolute atomic E-state index is 0.0460. The Morgan fingerprint density at radius 1 is 1.41 bits per heavy atom. The van der Waals surface area contributed by atoms with Crippen LogP contribution in [0.1, 0.15) is 36.2 Å². The number of nitrogens with zero attached hydrogens (tertiary/aromatic N) is 2. The Labute approximate surface area is 165 Å². The van der Waals surface area contributed by atoms with Gasteiger partial charge in [0.05, 0.1) is 16.9 Å². The second kappa shape index (κ2) is 5.30. The number of pyridine rings is 1. The lowest BCUT2D eigenvalue weighted by atomic mass is 9.92. The zero-order valence-electron chi connectivity index (χ0n) is 16.0. The van der Waals surface area contributed by atoms with Crippen LogP contribution in [0.4, 0.5) is 10.1 Å². The molecule has 2 aliphatic heterocycles. The maximum absolute atomic E-state index is 15.3. The molecule has 1 aromatic carbocycles. The number of rotatable bonds is 2. The Morgan fingerprint density at radius 2 is 2.21 bits per heavy atom. The molecule has 0 spiro atoms. The lowest BCUT2D eigenvalue weighted by Crippen LogP contribution is -2.36. The number of hydrogen-bond acceptors (Lipinski definition) is 5. The van der Waals surface area contributed by atoms with Gasteiger partial charge >= 0.3 is 5.97 Å². The summed E-state index contributed by atoms with van der Waals surface area (Å²) in [4.78, 5) is 26.2. The summed E-state index contributed by atoms with van der Waals surface area (Å²) in [6.45, 7) is 3.58. The van der Waals surface area contributed by atoms with Gasteiger partial charge in [-0.15, -0.1) is 0 Å². The molecule has 29 heavy (non-hydrogen) atoms. The molecule has 3 fully saturated rings. The number of nitrogens with two attached hydrogens (primary N) is 1. The van der Waals surface area contributed by atoms with Gasteiger partial charge in [-0.1, -0.05) is 0 Å². The Balaban J connectivity index is 1.55. The number of benzene rings is 1. The van der Waals surface area contributed by atoms with Gasteiger partial charge in [0.15, 0.2) is 11.6 Å². The Morgan fingerprint density at radius 3 is 2.93 bits per heavy atom. The normalized spacial score (nSPS) is 34.1. The number of aromatic nitrogens is 1. The second-order valence-electron chi connectivity index (χ2n) is 9.20. The van der Waals surface area contributed by atoms with E-state index < -0.39 is 17.2 Å². The van der Waals surface area contributed by atoms with Gasteiger partial charge in [-0.2, -0.15) is 0 Å². The first kappa shape index (κ1) is 17.3. The highest BCUT2D eigenvalue weighted by molar-refractivity contribution is 5.97. The molecule has 0 bridgehead atoms. The van der Waals surface area contributed by atoms with E-state index in [1.165, 1.54) is 12.3 Å². The van der Waals surface area contributed by atoms with E-state index in [9.17, 15) is 14.7 Å². The van der Waals surface area contributed by atoms with Crippen LogP contribution in [0, 0.1) is 23.6 Å². The molecule has 1 unspecified atom stereocenters. The van der Waals surface area contributed by atoms with E-state index in [2.05, 4.69) is 0 Å². The van der Waals surface area contributed by atoms with E-state index in [1.807, 2.05) is 11.8 Å². The van der Waals surface area contributed by atoms with Crippen LogP contribution >= 0.6 is 0 Å². The maximum Gasteiger partial charge on any atom is 0.341 e. The van der Waals surface area contributed by atoms with E-state index in [0.717, 1.165) is 19.4 Å². The van der Waals surface area contributed by atoms with Crippen molar-refractivity contribution in [1.82, 2.24) is 4.57 Å². The number of ether oxygens (including phenoxy) is 1. The van der Waals surface area contributed by atoms with Gasteiger partial charge in [0.1, 0.15) is 17.9 Å². The lowest BCUT2D eigenvalue weighted by Gasteiger charge is -2.31. The fourth-order valence-electron chi connectivity index (χ4n) is 6.05. The summed E-state index contributed by atoms with van der Waals surface area (Å²) in [6, 6.07) is 1.01. The van der Waals surface area contributed by atoms with Crippen LogP contribution < -0.4 is 20.8 Å². The highest BCUT2D eigenvalue weighted by atomic mass is 19.1. The van der Waals surface area contributed by atoms with Gasteiger partial charge in [-0.05, 0) is 43.6 Å². The number of carboxylic acids is 1. The van der Waals surface area contributed by atoms with Gasteiger partial charge in [0.2, 0.25) is 5.43 Å². The number of anilines is 1. The Kier molecular flexibility index (Phi) is 3.15. The number of carboxylic acid groups (broad SMARTS) is 1. The molecule has 4 aliphatic rings. The summed E-state index contributed by atoms with van der Waals surface area (Å²) in [5, 5.41) is 9.45. The van der Waals surface area contributed by atoms with Crippen LogP contribution in [0.3, 0.4) is 0 Å². The fourth-order valence-corrected chi connectivity index (χ4v) is 6.05. The van der Waals surface area contributed by atoms with Crippen LogP contribution in [-0.4, -0.2) is 40.9 Å². The predicted octanol–water partition coefficient (Wildman–Crippen LogP) is 1.97. The highest BCUT2D eigenvalue weighted by Crippen LogP contribution is 2.62. The SMILES string of the molecule is C[C@H]1COc2c(N3C[C@H]4CC5C[C@]5(N)[C@H]4C3)c(F)cc3c(=O)c(C(=O)O)cn1c23. The summed E-state index contributed by atoms with van der Waals surface area (Å²) < 4.78 is 23.0. The van der Waals surface area contributed by atoms with Crippen molar-refractivity contribution in [2.75, 3.05) is 24.6 Å². The van der Waals surface area contributed by atoms with Crippen LogP contribution in [-0.2, 0) is 0 Å². The maximum atomic E-state index is 15.3. The molecule has 3 heterocycles. The molecule has 0 radical (unpaired) electrons. The minimum atomic E-state index is -1.31. The van der Waals surface area contributed by atoms with Gasteiger partial charge in [-0.25, -0.2) is 9.18 Å². The first-order valence-electron chi connectivity index (χ1n) is 10.1. The van der Waals surface area contributed by atoms with Crippen molar-refractivity contribution in [3.05, 3.63) is 33.9 Å². The van der Waals surface area contributed by atoms with E-state index in [-0.39, 0.29) is 29.1 Å². The zero-order chi connectivity index (χ0) is 20.2. The molecule has 2 saturated carbocycles. The van der Waals surface area contributed by atoms with Gasteiger partial charge in [-0.3, -0.25) is 4.79 Å². The molecule has 1 aromatic heterocycles. The molecule has 2 aliphatic carbocycles. The third-order valence-corrected chi connectivity index (χ3v) is 7.61. The molecule has 0 amide bonds.